The highest BCUT2D eigenvalue weighted by atomic mass is 32.1. The van der Waals surface area contributed by atoms with Gasteiger partial charge in [-0.3, -0.25) is 5.32 Å². The molecule has 0 saturated carbocycles. The molecule has 3 rings (SSSR count). The van der Waals surface area contributed by atoms with Gasteiger partial charge < -0.3 is 10.4 Å². The lowest BCUT2D eigenvalue weighted by Crippen LogP contribution is -2.19. The Balaban J connectivity index is 1.65. The van der Waals surface area contributed by atoms with Gasteiger partial charge in [0.05, 0.1) is 5.56 Å². The van der Waals surface area contributed by atoms with Crippen molar-refractivity contribution in [2.45, 2.75) is 12.3 Å². The van der Waals surface area contributed by atoms with E-state index in [9.17, 15) is 23.1 Å². The number of amides is 2. The molecule has 0 aliphatic rings. The van der Waals surface area contributed by atoms with E-state index in [1.54, 1.807) is 30.3 Å². The Morgan fingerprint density at radius 2 is 1.78 bits per heavy atom. The van der Waals surface area contributed by atoms with Crippen LogP contribution in [-0.2, 0) is 6.18 Å². The number of carbonyl (C=O) groups excluding carboxylic acids is 1. The predicted octanol–water partition coefficient (Wildman–Crippen LogP) is 4.28. The van der Waals surface area contributed by atoms with Gasteiger partial charge in [-0.1, -0.05) is 47.7 Å². The van der Waals surface area contributed by atoms with Gasteiger partial charge in [-0.15, -0.1) is 10.2 Å². The second-order valence-electron chi connectivity index (χ2n) is 5.42. The first-order valence-electron chi connectivity index (χ1n) is 7.64. The summed E-state index contributed by atoms with van der Waals surface area (Å²) in [4.78, 5) is 12.0. The lowest BCUT2D eigenvalue weighted by molar-refractivity contribution is -0.137. The summed E-state index contributed by atoms with van der Waals surface area (Å²) in [6, 6.07) is 12.3. The van der Waals surface area contributed by atoms with E-state index < -0.39 is 23.9 Å². The summed E-state index contributed by atoms with van der Waals surface area (Å²) in [6.07, 6.45) is -5.50. The number of hydrogen-bond acceptors (Lipinski definition) is 5. The number of rotatable bonds is 4. The van der Waals surface area contributed by atoms with E-state index in [4.69, 9.17) is 0 Å². The van der Waals surface area contributed by atoms with Crippen molar-refractivity contribution < 1.29 is 23.1 Å². The van der Waals surface area contributed by atoms with Crippen molar-refractivity contribution in [3.05, 3.63) is 70.7 Å². The molecule has 10 heteroatoms. The quantitative estimate of drug-likeness (QED) is 0.616. The zero-order valence-corrected chi connectivity index (χ0v) is 14.4. The second-order valence-corrected chi connectivity index (χ2v) is 6.43. The van der Waals surface area contributed by atoms with Crippen LogP contribution < -0.4 is 10.6 Å². The molecule has 0 spiro atoms. The number of aliphatic hydroxyl groups excluding tert-OH is 1. The van der Waals surface area contributed by atoms with Crippen molar-refractivity contribution in [3.63, 3.8) is 0 Å². The van der Waals surface area contributed by atoms with Gasteiger partial charge in [-0.2, -0.15) is 13.2 Å². The number of urea groups is 1. The van der Waals surface area contributed by atoms with Crippen LogP contribution in [-0.4, -0.2) is 21.3 Å². The van der Waals surface area contributed by atoms with Crippen LogP contribution in [0.5, 0.6) is 0 Å². The van der Waals surface area contributed by atoms with Crippen molar-refractivity contribution >= 4 is 28.2 Å². The number of alkyl halides is 3. The molecule has 3 aromatic rings. The number of nitrogens with zero attached hydrogens (tertiary/aromatic N) is 2. The molecular formula is C17H13F3N4O2S. The summed E-state index contributed by atoms with van der Waals surface area (Å²) in [5.74, 6) is 0. The van der Waals surface area contributed by atoms with Crippen LogP contribution in [0.25, 0.3) is 0 Å². The molecule has 0 aliphatic carbocycles. The summed E-state index contributed by atoms with van der Waals surface area (Å²) >= 11 is 0.958. The first-order valence-corrected chi connectivity index (χ1v) is 8.46. The minimum atomic E-state index is -4.50. The largest absolute Gasteiger partial charge is 0.416 e. The van der Waals surface area contributed by atoms with Gasteiger partial charge in [0.25, 0.3) is 0 Å². The van der Waals surface area contributed by atoms with Gasteiger partial charge in [0.2, 0.25) is 5.13 Å². The Morgan fingerprint density at radius 3 is 2.48 bits per heavy atom. The van der Waals surface area contributed by atoms with E-state index in [0.717, 1.165) is 23.5 Å². The number of anilines is 2. The van der Waals surface area contributed by atoms with Crippen molar-refractivity contribution in [3.8, 4) is 0 Å². The third-order valence-electron chi connectivity index (χ3n) is 3.46. The third kappa shape index (κ3) is 4.80. The molecule has 3 N–H and O–H groups in total. The molecule has 0 aliphatic heterocycles. The van der Waals surface area contributed by atoms with E-state index in [1.807, 2.05) is 0 Å². The SMILES string of the molecule is O=C(Nc1cccc(C(F)(F)F)c1)Nc1nnc(C(O)c2ccccc2)s1. The minimum Gasteiger partial charge on any atom is -0.381 e. The van der Waals surface area contributed by atoms with Gasteiger partial charge in [-0.25, -0.2) is 4.79 Å². The maximum Gasteiger partial charge on any atom is 0.416 e. The molecule has 1 aromatic heterocycles. The number of nitrogens with one attached hydrogen (secondary N) is 2. The van der Waals surface area contributed by atoms with Crippen LogP contribution in [0.1, 0.15) is 22.2 Å². The first-order chi connectivity index (χ1) is 12.8. The van der Waals surface area contributed by atoms with E-state index >= 15 is 0 Å². The average Bonchev–Trinajstić information content (AvgIpc) is 3.09. The van der Waals surface area contributed by atoms with E-state index in [0.29, 0.717) is 5.56 Å². The van der Waals surface area contributed by atoms with E-state index in [-0.39, 0.29) is 15.8 Å². The molecule has 0 radical (unpaired) electrons. The fourth-order valence-corrected chi connectivity index (χ4v) is 2.96. The number of carbonyl (C=O) groups is 1. The van der Waals surface area contributed by atoms with E-state index in [2.05, 4.69) is 20.8 Å². The molecule has 27 heavy (non-hydrogen) atoms. The lowest BCUT2D eigenvalue weighted by atomic mass is 10.1. The van der Waals surface area contributed by atoms with Crippen molar-refractivity contribution in [1.82, 2.24) is 10.2 Å². The fourth-order valence-electron chi connectivity index (χ4n) is 2.21. The highest BCUT2D eigenvalue weighted by molar-refractivity contribution is 7.15. The Kier molecular flexibility index (Phi) is 5.38. The molecule has 2 aromatic carbocycles. The second kappa shape index (κ2) is 7.72. The number of aromatic nitrogens is 2. The lowest BCUT2D eigenvalue weighted by Gasteiger charge is -2.09. The standard InChI is InChI=1S/C17H13F3N4O2S/c18-17(19,20)11-7-4-8-12(9-11)21-15(26)22-16-24-23-14(27-16)13(25)10-5-2-1-3-6-10/h1-9,13,25H,(H2,21,22,24,26). The number of benzene rings is 2. The Morgan fingerprint density at radius 1 is 1.04 bits per heavy atom. The number of aliphatic hydroxyl groups is 1. The van der Waals surface area contributed by atoms with Gasteiger partial charge in [0, 0.05) is 5.69 Å². The van der Waals surface area contributed by atoms with Gasteiger partial charge in [0.15, 0.2) is 5.01 Å². The third-order valence-corrected chi connectivity index (χ3v) is 4.35. The summed E-state index contributed by atoms with van der Waals surface area (Å²) in [7, 11) is 0. The van der Waals surface area contributed by atoms with Crippen LogP contribution in [0.4, 0.5) is 28.8 Å². The highest BCUT2D eigenvalue weighted by Crippen LogP contribution is 2.31. The van der Waals surface area contributed by atoms with Gasteiger partial charge in [-0.05, 0) is 23.8 Å². The Bertz CT molecular complexity index is 931. The predicted molar refractivity (Wildman–Crippen MR) is 94.5 cm³/mol. The zero-order valence-electron chi connectivity index (χ0n) is 13.6. The minimum absolute atomic E-state index is 0.0172. The summed E-state index contributed by atoms with van der Waals surface area (Å²) in [5.41, 5.74) is -0.269. The molecule has 140 valence electrons. The van der Waals surface area contributed by atoms with Crippen LogP contribution in [0.15, 0.2) is 54.6 Å². The summed E-state index contributed by atoms with van der Waals surface area (Å²) < 4.78 is 38.1. The molecule has 1 atom stereocenters. The number of hydrogen-bond donors (Lipinski definition) is 3. The topological polar surface area (TPSA) is 87.1 Å². The molecule has 0 saturated heterocycles. The monoisotopic (exact) mass is 394 g/mol. The molecule has 0 bridgehead atoms. The van der Waals surface area contributed by atoms with Crippen LogP contribution in [0, 0.1) is 0 Å². The smallest absolute Gasteiger partial charge is 0.381 e. The van der Waals surface area contributed by atoms with Crippen molar-refractivity contribution in [2.75, 3.05) is 10.6 Å². The normalized spacial score (nSPS) is 12.4. The zero-order chi connectivity index (χ0) is 19.4. The molecular weight excluding hydrogens is 381 g/mol. The molecule has 0 fully saturated rings. The van der Waals surface area contributed by atoms with Crippen LogP contribution in [0.2, 0.25) is 0 Å². The molecule has 2 amide bonds. The average molecular weight is 394 g/mol. The maximum absolute atomic E-state index is 12.7. The van der Waals surface area contributed by atoms with E-state index in [1.165, 1.54) is 12.1 Å². The fraction of sp³-hybridized carbons (Fsp3) is 0.118. The van der Waals surface area contributed by atoms with Gasteiger partial charge in [0.1, 0.15) is 6.10 Å². The van der Waals surface area contributed by atoms with Gasteiger partial charge >= 0.3 is 12.2 Å². The first kappa shape index (κ1) is 18.8. The molecule has 1 unspecified atom stereocenters. The van der Waals surface area contributed by atoms with Crippen LogP contribution in [0.3, 0.4) is 0 Å². The van der Waals surface area contributed by atoms with Crippen molar-refractivity contribution in [1.29, 1.82) is 0 Å². The molecule has 1 heterocycles. The molecule has 6 nitrogen and oxygen atoms in total. The van der Waals surface area contributed by atoms with Crippen molar-refractivity contribution in [2.24, 2.45) is 0 Å². The summed E-state index contributed by atoms with van der Waals surface area (Å²) in [5, 5.41) is 22.9. The number of halogens is 3. The Labute approximate surface area is 155 Å². The Hall–Kier alpha value is -2.98. The maximum atomic E-state index is 12.7. The summed E-state index contributed by atoms with van der Waals surface area (Å²) in [6.45, 7) is 0. The highest BCUT2D eigenvalue weighted by Gasteiger charge is 2.30. The van der Waals surface area contributed by atoms with Crippen LogP contribution >= 0.6 is 11.3 Å².